The molecule has 0 saturated carbocycles. The maximum absolute atomic E-state index is 11.5. The topological polar surface area (TPSA) is 78.9 Å². The van der Waals surface area contributed by atoms with E-state index in [1.54, 1.807) is 14.2 Å². The van der Waals surface area contributed by atoms with Crippen LogP contribution in [0.2, 0.25) is 0 Å². The van der Waals surface area contributed by atoms with E-state index in [0.717, 1.165) is 0 Å². The minimum absolute atomic E-state index is 0.0571. The molecule has 0 rings (SSSR count). The maximum Gasteiger partial charge on any atom is 0.320 e. The zero-order valence-electron chi connectivity index (χ0n) is 10.2. The Labute approximate surface area is 95.6 Å². The van der Waals surface area contributed by atoms with Gasteiger partial charge in [-0.3, -0.25) is 14.5 Å². The van der Waals surface area contributed by atoms with Crippen LogP contribution in [-0.4, -0.2) is 61.3 Å². The lowest BCUT2D eigenvalue weighted by atomic mass is 10.3. The molecule has 0 spiro atoms. The Hall–Kier alpha value is -1.14. The van der Waals surface area contributed by atoms with E-state index in [0.29, 0.717) is 6.61 Å². The van der Waals surface area contributed by atoms with Gasteiger partial charge in [0.25, 0.3) is 0 Å². The van der Waals surface area contributed by atoms with Crippen molar-refractivity contribution in [2.24, 2.45) is 0 Å². The Balaban J connectivity index is 4.00. The molecular weight excluding hydrogens is 212 g/mol. The van der Waals surface area contributed by atoms with E-state index >= 15 is 0 Å². The molecule has 0 aromatic carbocycles. The summed E-state index contributed by atoms with van der Waals surface area (Å²) in [7, 11) is 3.15. The highest BCUT2D eigenvalue weighted by Crippen LogP contribution is 1.95. The minimum atomic E-state index is -0.944. The van der Waals surface area contributed by atoms with Crippen molar-refractivity contribution in [3.8, 4) is 0 Å². The summed E-state index contributed by atoms with van der Waals surface area (Å²) in [6.07, 6.45) is 0. The van der Waals surface area contributed by atoms with Crippen LogP contribution in [0.15, 0.2) is 0 Å². The highest BCUT2D eigenvalue weighted by molar-refractivity contribution is 5.79. The summed E-state index contributed by atoms with van der Waals surface area (Å²) in [6, 6.07) is -0.755. The van der Waals surface area contributed by atoms with Crippen LogP contribution < -0.4 is 5.32 Å². The van der Waals surface area contributed by atoms with E-state index in [4.69, 9.17) is 9.84 Å². The lowest BCUT2D eigenvalue weighted by Gasteiger charge is -2.21. The summed E-state index contributed by atoms with van der Waals surface area (Å²) < 4.78 is 4.87. The number of rotatable bonds is 7. The molecule has 0 fully saturated rings. The second-order valence-electron chi connectivity index (χ2n) is 3.85. The highest BCUT2D eigenvalue weighted by atomic mass is 16.5. The molecule has 1 amide bonds. The van der Waals surface area contributed by atoms with Gasteiger partial charge in [-0.1, -0.05) is 0 Å². The number of aliphatic carboxylic acids is 1. The molecule has 0 bridgehead atoms. The Morgan fingerprint density at radius 2 is 2.00 bits per heavy atom. The van der Waals surface area contributed by atoms with Crippen molar-refractivity contribution in [1.29, 1.82) is 0 Å². The van der Waals surface area contributed by atoms with Crippen LogP contribution in [0.3, 0.4) is 0 Å². The first-order chi connectivity index (χ1) is 7.38. The molecule has 0 saturated heterocycles. The number of carboxylic acid groups (broad SMARTS) is 1. The summed E-state index contributed by atoms with van der Waals surface area (Å²) in [5.41, 5.74) is 0. The third kappa shape index (κ3) is 5.67. The molecule has 0 aliphatic heterocycles. The first-order valence-electron chi connectivity index (χ1n) is 5.09. The van der Waals surface area contributed by atoms with E-state index in [1.165, 1.54) is 11.8 Å². The molecule has 94 valence electrons. The normalized spacial score (nSPS) is 14.6. The first-order valence-corrected chi connectivity index (χ1v) is 5.09. The Morgan fingerprint density at radius 3 is 2.44 bits per heavy atom. The number of amides is 1. The summed E-state index contributed by atoms with van der Waals surface area (Å²) in [5.74, 6) is -1.15. The third-order valence-corrected chi connectivity index (χ3v) is 2.24. The SMILES string of the molecule is COCC(C)NC(=O)CN(C)C(C)C(=O)O. The smallest absolute Gasteiger partial charge is 0.320 e. The second-order valence-corrected chi connectivity index (χ2v) is 3.85. The second kappa shape index (κ2) is 7.19. The Bertz CT molecular complexity index is 245. The fraction of sp³-hybridized carbons (Fsp3) is 0.800. The zero-order valence-corrected chi connectivity index (χ0v) is 10.2. The maximum atomic E-state index is 11.5. The van der Waals surface area contributed by atoms with Gasteiger partial charge in [-0.15, -0.1) is 0 Å². The van der Waals surface area contributed by atoms with Crippen molar-refractivity contribution < 1.29 is 19.4 Å². The fourth-order valence-electron chi connectivity index (χ4n) is 1.16. The number of carbonyl (C=O) groups excluding carboxylic acids is 1. The zero-order chi connectivity index (χ0) is 12.7. The van der Waals surface area contributed by atoms with Crippen LogP contribution in [0.5, 0.6) is 0 Å². The average Bonchev–Trinajstić information content (AvgIpc) is 2.16. The first kappa shape index (κ1) is 14.9. The van der Waals surface area contributed by atoms with Crippen LogP contribution in [0.1, 0.15) is 13.8 Å². The van der Waals surface area contributed by atoms with Gasteiger partial charge in [0, 0.05) is 13.2 Å². The van der Waals surface area contributed by atoms with Gasteiger partial charge in [0.1, 0.15) is 6.04 Å². The van der Waals surface area contributed by atoms with Gasteiger partial charge in [-0.05, 0) is 20.9 Å². The number of carboxylic acids is 1. The fourth-order valence-corrected chi connectivity index (χ4v) is 1.16. The molecule has 0 aromatic heterocycles. The lowest BCUT2D eigenvalue weighted by Crippen LogP contribution is -2.45. The van der Waals surface area contributed by atoms with Crippen molar-refractivity contribution in [2.75, 3.05) is 27.3 Å². The van der Waals surface area contributed by atoms with Crippen molar-refractivity contribution in [3.05, 3.63) is 0 Å². The number of carbonyl (C=O) groups is 2. The number of ether oxygens (including phenoxy) is 1. The van der Waals surface area contributed by atoms with Gasteiger partial charge in [-0.2, -0.15) is 0 Å². The molecule has 16 heavy (non-hydrogen) atoms. The van der Waals surface area contributed by atoms with Crippen molar-refractivity contribution in [2.45, 2.75) is 25.9 Å². The number of nitrogens with one attached hydrogen (secondary N) is 1. The van der Waals surface area contributed by atoms with Gasteiger partial charge < -0.3 is 15.2 Å². The molecule has 6 heteroatoms. The van der Waals surface area contributed by atoms with Gasteiger partial charge in [0.2, 0.25) is 5.91 Å². The van der Waals surface area contributed by atoms with Crippen LogP contribution in [0.25, 0.3) is 0 Å². The molecule has 0 aliphatic rings. The lowest BCUT2D eigenvalue weighted by molar-refractivity contribution is -0.142. The standard InChI is InChI=1S/C10H20N2O4/c1-7(6-16-4)11-9(13)5-12(3)8(2)10(14)15/h7-8H,5-6H2,1-4H3,(H,11,13)(H,14,15). The molecular formula is C10H20N2O4. The number of methoxy groups -OCH3 is 1. The van der Waals surface area contributed by atoms with E-state index in [1.807, 2.05) is 6.92 Å². The molecule has 0 aliphatic carbocycles. The Kier molecular flexibility index (Phi) is 6.67. The van der Waals surface area contributed by atoms with Crippen molar-refractivity contribution in [1.82, 2.24) is 10.2 Å². The summed E-state index contributed by atoms with van der Waals surface area (Å²) in [4.78, 5) is 23.6. The molecule has 0 radical (unpaired) electrons. The monoisotopic (exact) mass is 232 g/mol. The summed E-state index contributed by atoms with van der Waals surface area (Å²) in [6.45, 7) is 3.85. The quantitative estimate of drug-likeness (QED) is 0.621. The molecule has 0 heterocycles. The van der Waals surface area contributed by atoms with Crippen molar-refractivity contribution >= 4 is 11.9 Å². The number of nitrogens with zero attached hydrogens (tertiary/aromatic N) is 1. The van der Waals surface area contributed by atoms with E-state index in [-0.39, 0.29) is 18.5 Å². The van der Waals surface area contributed by atoms with Crippen LogP contribution in [-0.2, 0) is 14.3 Å². The number of likely N-dealkylation sites (N-methyl/N-ethyl adjacent to an activating group) is 1. The van der Waals surface area contributed by atoms with Crippen LogP contribution in [0, 0.1) is 0 Å². The van der Waals surface area contributed by atoms with E-state index in [9.17, 15) is 9.59 Å². The highest BCUT2D eigenvalue weighted by Gasteiger charge is 2.19. The molecule has 2 unspecified atom stereocenters. The van der Waals surface area contributed by atoms with E-state index < -0.39 is 12.0 Å². The number of hydrogen-bond acceptors (Lipinski definition) is 4. The van der Waals surface area contributed by atoms with Gasteiger partial charge in [-0.25, -0.2) is 0 Å². The molecule has 0 aromatic rings. The third-order valence-electron chi connectivity index (χ3n) is 2.24. The predicted molar refractivity (Wildman–Crippen MR) is 59.2 cm³/mol. The van der Waals surface area contributed by atoms with Crippen LogP contribution in [0.4, 0.5) is 0 Å². The molecule has 2 N–H and O–H groups in total. The summed E-state index contributed by atoms with van der Waals surface area (Å²) in [5, 5.41) is 11.4. The van der Waals surface area contributed by atoms with Gasteiger partial charge >= 0.3 is 5.97 Å². The minimum Gasteiger partial charge on any atom is -0.480 e. The summed E-state index contributed by atoms with van der Waals surface area (Å²) >= 11 is 0. The average molecular weight is 232 g/mol. The molecule has 2 atom stereocenters. The van der Waals surface area contributed by atoms with Crippen molar-refractivity contribution in [3.63, 3.8) is 0 Å². The Morgan fingerprint density at radius 1 is 1.44 bits per heavy atom. The number of hydrogen-bond donors (Lipinski definition) is 2. The largest absolute Gasteiger partial charge is 0.480 e. The van der Waals surface area contributed by atoms with Gasteiger partial charge in [0.05, 0.1) is 13.2 Å². The van der Waals surface area contributed by atoms with E-state index in [2.05, 4.69) is 5.32 Å². The van der Waals surface area contributed by atoms with Crippen LogP contribution >= 0.6 is 0 Å². The molecule has 6 nitrogen and oxygen atoms in total. The van der Waals surface area contributed by atoms with Gasteiger partial charge in [0.15, 0.2) is 0 Å². The predicted octanol–water partition coefficient (Wildman–Crippen LogP) is -0.458.